The predicted octanol–water partition coefficient (Wildman–Crippen LogP) is 2.16. The Bertz CT molecular complexity index is 620. The molecule has 7 nitrogen and oxygen atoms in total. The van der Waals surface area contributed by atoms with E-state index in [2.05, 4.69) is 15.3 Å². The van der Waals surface area contributed by atoms with Gasteiger partial charge in [-0.15, -0.1) is 0 Å². The Morgan fingerprint density at radius 1 is 1.37 bits per heavy atom. The van der Waals surface area contributed by atoms with Crippen molar-refractivity contribution in [2.24, 2.45) is 0 Å². The van der Waals surface area contributed by atoms with Crippen molar-refractivity contribution in [3.8, 4) is 0 Å². The Morgan fingerprint density at radius 3 is 2.79 bits per heavy atom. The molecule has 2 rings (SSSR count). The van der Waals surface area contributed by atoms with Gasteiger partial charge in [-0.1, -0.05) is 23.9 Å². The van der Waals surface area contributed by atoms with Gasteiger partial charge in [0.2, 0.25) is 5.95 Å². The molecule has 1 aromatic carbocycles. The van der Waals surface area contributed by atoms with E-state index in [1.54, 1.807) is 31.3 Å². The first-order valence-electron chi connectivity index (χ1n) is 5.33. The summed E-state index contributed by atoms with van der Waals surface area (Å²) in [5, 5.41) is 14.3. The summed E-state index contributed by atoms with van der Waals surface area (Å²) in [6.45, 7) is 0. The van der Waals surface area contributed by atoms with Gasteiger partial charge in [0.1, 0.15) is 10.8 Å². The van der Waals surface area contributed by atoms with E-state index in [1.807, 2.05) is 0 Å². The van der Waals surface area contributed by atoms with Gasteiger partial charge in [-0.2, -0.15) is 4.98 Å². The van der Waals surface area contributed by atoms with E-state index in [9.17, 15) is 10.1 Å². The molecule has 0 aliphatic heterocycles. The second-order valence-corrected chi connectivity index (χ2v) is 4.59. The number of nitro groups is 1. The van der Waals surface area contributed by atoms with Gasteiger partial charge in [-0.25, -0.2) is 4.98 Å². The van der Waals surface area contributed by atoms with Crippen LogP contribution in [0.3, 0.4) is 0 Å². The SMILES string of the molecule is CNc1cc(Sc2ccccc2[N+](=O)[O-])nc(N)n1. The van der Waals surface area contributed by atoms with E-state index in [1.165, 1.54) is 17.8 Å². The van der Waals surface area contributed by atoms with Gasteiger partial charge in [-0.05, 0) is 6.07 Å². The lowest BCUT2D eigenvalue weighted by Gasteiger charge is -2.05. The number of nitro benzene ring substituents is 1. The van der Waals surface area contributed by atoms with E-state index >= 15 is 0 Å². The number of para-hydroxylation sites is 1. The molecule has 2 aromatic rings. The fourth-order valence-electron chi connectivity index (χ4n) is 1.43. The standard InChI is InChI=1S/C11H11N5O2S/c1-13-9-6-10(15-11(12)14-9)19-8-5-3-2-4-7(8)16(17)18/h2-6H,1H3,(H3,12,13,14,15). The van der Waals surface area contributed by atoms with Gasteiger partial charge in [-0.3, -0.25) is 10.1 Å². The second kappa shape index (κ2) is 5.53. The van der Waals surface area contributed by atoms with E-state index in [0.717, 1.165) is 0 Å². The van der Waals surface area contributed by atoms with E-state index in [0.29, 0.717) is 15.7 Å². The number of hydrogen-bond acceptors (Lipinski definition) is 7. The summed E-state index contributed by atoms with van der Waals surface area (Å²) in [5.74, 6) is 0.682. The maximum atomic E-state index is 10.9. The van der Waals surface area contributed by atoms with Crippen molar-refractivity contribution in [1.82, 2.24) is 9.97 Å². The Balaban J connectivity index is 2.36. The highest BCUT2D eigenvalue weighted by Gasteiger charge is 2.14. The Kier molecular flexibility index (Phi) is 3.81. The molecular formula is C11H11N5O2S. The maximum absolute atomic E-state index is 10.9. The molecule has 1 aromatic heterocycles. The minimum absolute atomic E-state index is 0.0377. The molecule has 1 heterocycles. The molecule has 0 saturated carbocycles. The van der Waals surface area contributed by atoms with Gasteiger partial charge >= 0.3 is 0 Å². The summed E-state index contributed by atoms with van der Waals surface area (Å²) in [6.07, 6.45) is 0. The van der Waals surface area contributed by atoms with Gasteiger partial charge < -0.3 is 11.1 Å². The summed E-state index contributed by atoms with van der Waals surface area (Å²) in [7, 11) is 1.71. The summed E-state index contributed by atoms with van der Waals surface area (Å²) in [4.78, 5) is 19.0. The molecule has 0 aliphatic rings. The molecule has 0 saturated heterocycles. The number of anilines is 2. The quantitative estimate of drug-likeness (QED) is 0.501. The predicted molar refractivity (Wildman–Crippen MR) is 73.2 cm³/mol. The van der Waals surface area contributed by atoms with E-state index < -0.39 is 4.92 Å². The van der Waals surface area contributed by atoms with Crippen molar-refractivity contribution in [1.29, 1.82) is 0 Å². The second-order valence-electron chi connectivity index (χ2n) is 3.53. The molecule has 0 radical (unpaired) electrons. The van der Waals surface area contributed by atoms with Crippen LogP contribution in [-0.4, -0.2) is 21.9 Å². The normalized spacial score (nSPS) is 10.2. The topological polar surface area (TPSA) is 107 Å². The van der Waals surface area contributed by atoms with Crippen molar-refractivity contribution >= 4 is 29.2 Å². The molecule has 0 aliphatic carbocycles. The van der Waals surface area contributed by atoms with E-state index in [4.69, 9.17) is 5.73 Å². The van der Waals surface area contributed by atoms with Crippen LogP contribution in [0.25, 0.3) is 0 Å². The summed E-state index contributed by atoms with van der Waals surface area (Å²) in [6, 6.07) is 8.15. The van der Waals surface area contributed by atoms with Crippen LogP contribution < -0.4 is 11.1 Å². The lowest BCUT2D eigenvalue weighted by atomic mass is 10.3. The van der Waals surface area contributed by atoms with Crippen LogP contribution in [0, 0.1) is 10.1 Å². The zero-order valence-electron chi connectivity index (χ0n) is 10.0. The molecule has 19 heavy (non-hydrogen) atoms. The molecule has 0 spiro atoms. The van der Waals surface area contributed by atoms with Gasteiger partial charge in [0.15, 0.2) is 0 Å². The molecule has 98 valence electrons. The fraction of sp³-hybridized carbons (Fsp3) is 0.0909. The van der Waals surface area contributed by atoms with Crippen molar-refractivity contribution in [3.05, 3.63) is 40.4 Å². The van der Waals surface area contributed by atoms with E-state index in [-0.39, 0.29) is 11.6 Å². The highest BCUT2D eigenvalue weighted by atomic mass is 32.2. The zero-order valence-corrected chi connectivity index (χ0v) is 10.8. The molecule has 3 N–H and O–H groups in total. The number of nitrogen functional groups attached to an aromatic ring is 1. The third kappa shape index (κ3) is 3.10. The third-order valence-electron chi connectivity index (χ3n) is 2.25. The first-order chi connectivity index (χ1) is 9.10. The van der Waals surface area contributed by atoms with Crippen LogP contribution in [0.4, 0.5) is 17.5 Å². The average molecular weight is 277 g/mol. The van der Waals surface area contributed by atoms with Crippen molar-refractivity contribution in [3.63, 3.8) is 0 Å². The number of nitrogens with zero attached hydrogens (tertiary/aromatic N) is 3. The van der Waals surface area contributed by atoms with Crippen LogP contribution in [-0.2, 0) is 0 Å². The molecule has 8 heteroatoms. The van der Waals surface area contributed by atoms with Crippen LogP contribution in [0.1, 0.15) is 0 Å². The number of rotatable bonds is 4. The molecule has 0 atom stereocenters. The minimum Gasteiger partial charge on any atom is -0.373 e. The molecule has 0 bridgehead atoms. The van der Waals surface area contributed by atoms with Crippen LogP contribution >= 0.6 is 11.8 Å². The molecule has 0 unspecified atom stereocenters. The lowest BCUT2D eigenvalue weighted by Crippen LogP contribution is -2.00. The van der Waals surface area contributed by atoms with Crippen molar-refractivity contribution in [2.45, 2.75) is 9.92 Å². The van der Waals surface area contributed by atoms with Crippen LogP contribution in [0.5, 0.6) is 0 Å². The first kappa shape index (κ1) is 13.1. The lowest BCUT2D eigenvalue weighted by molar-refractivity contribution is -0.387. The summed E-state index contributed by atoms with van der Waals surface area (Å²) in [5.41, 5.74) is 5.61. The Hall–Kier alpha value is -2.35. The monoisotopic (exact) mass is 277 g/mol. The van der Waals surface area contributed by atoms with Crippen molar-refractivity contribution < 1.29 is 4.92 Å². The van der Waals surface area contributed by atoms with Crippen molar-refractivity contribution in [2.75, 3.05) is 18.1 Å². The molecule has 0 fully saturated rings. The fourth-order valence-corrected chi connectivity index (χ4v) is 2.36. The summed E-state index contributed by atoms with van der Waals surface area (Å²) >= 11 is 1.17. The number of hydrogen-bond donors (Lipinski definition) is 2. The zero-order chi connectivity index (χ0) is 13.8. The highest BCUT2D eigenvalue weighted by molar-refractivity contribution is 7.99. The van der Waals surface area contributed by atoms with Gasteiger partial charge in [0.25, 0.3) is 5.69 Å². The number of aromatic nitrogens is 2. The third-order valence-corrected chi connectivity index (χ3v) is 3.24. The largest absolute Gasteiger partial charge is 0.373 e. The maximum Gasteiger partial charge on any atom is 0.283 e. The number of nitrogens with two attached hydrogens (primary N) is 1. The van der Waals surface area contributed by atoms with Gasteiger partial charge in [0, 0.05) is 19.2 Å². The Labute approximate surface area is 113 Å². The highest BCUT2D eigenvalue weighted by Crippen LogP contribution is 2.34. The smallest absolute Gasteiger partial charge is 0.283 e. The minimum atomic E-state index is -0.425. The summed E-state index contributed by atoms with van der Waals surface area (Å²) < 4.78 is 0. The number of nitrogens with one attached hydrogen (secondary N) is 1. The first-order valence-corrected chi connectivity index (χ1v) is 6.15. The number of benzene rings is 1. The molecular weight excluding hydrogens is 266 g/mol. The van der Waals surface area contributed by atoms with Crippen LogP contribution in [0.2, 0.25) is 0 Å². The van der Waals surface area contributed by atoms with Gasteiger partial charge in [0.05, 0.1) is 9.82 Å². The molecule has 0 amide bonds. The average Bonchev–Trinajstić information content (AvgIpc) is 2.38. The Morgan fingerprint density at radius 2 is 2.11 bits per heavy atom. The van der Waals surface area contributed by atoms with Crippen LogP contribution in [0.15, 0.2) is 40.3 Å².